The second-order valence-corrected chi connectivity index (χ2v) is 28.7. The number of hydrogen-bond donors (Lipinski definition) is 5. The van der Waals surface area contributed by atoms with Crippen LogP contribution >= 0.6 is 0 Å². The maximum absolute atomic E-state index is 15.4. The molecule has 1 saturated heterocycles. The molecule has 26 heteroatoms. The molecule has 1 heterocycles. The highest BCUT2D eigenvalue weighted by Crippen LogP contribution is 2.27. The molecule has 0 aliphatic carbocycles. The number of amides is 11. The SMILES string of the molecule is CC=CC[C@@H](C)[C@@H](O)[C@H]1C(=O)N[C@@H](CC)C(=O)N(C)[C@H](COCCN(C)C)C(=O)N(C)[C@@H](CC(C)(C)OC)C(=O)N[C@@H](C(C)C)C(=O)N(C)[C@@H](CC(C)C)C(=O)N[C@@H](C)C(=O)N[C@H](C)C(=O)N(C)[C@@H](CC(C)C)C(=O)N(C)[C@@H](CC(C)C)C(=O)N(C)[C@@H](C(C)C)C(=O)N1C. The van der Waals surface area contributed by atoms with Crippen molar-refractivity contribution in [3.63, 3.8) is 0 Å². The first-order valence-electron chi connectivity index (χ1n) is 33.5. The van der Waals surface area contributed by atoms with Crippen LogP contribution in [0.2, 0.25) is 0 Å². The molecule has 0 unspecified atom stereocenters. The lowest BCUT2D eigenvalue weighted by molar-refractivity contribution is -0.157. The van der Waals surface area contributed by atoms with Crippen molar-refractivity contribution < 1.29 is 67.3 Å². The zero-order chi connectivity index (χ0) is 72.9. The minimum absolute atomic E-state index is 0.0437. The van der Waals surface area contributed by atoms with Gasteiger partial charge in [0.05, 0.1) is 24.9 Å². The zero-order valence-corrected chi connectivity index (χ0v) is 62.2. The fourth-order valence-corrected chi connectivity index (χ4v) is 11.5. The molecule has 0 aromatic carbocycles. The first-order valence-corrected chi connectivity index (χ1v) is 33.5. The zero-order valence-electron chi connectivity index (χ0n) is 62.2. The predicted molar refractivity (Wildman–Crippen MR) is 363 cm³/mol. The fraction of sp³-hybridized carbons (Fsp3) is 0.809. The third-order valence-corrected chi connectivity index (χ3v) is 17.9. The topological polar surface area (TPSA) is 300 Å². The highest BCUT2D eigenvalue weighted by molar-refractivity contribution is 6.00. The van der Waals surface area contributed by atoms with E-state index in [4.69, 9.17) is 9.47 Å². The summed E-state index contributed by atoms with van der Waals surface area (Å²) in [7, 11) is 15.0. The van der Waals surface area contributed by atoms with Crippen molar-refractivity contribution in [2.45, 2.75) is 234 Å². The summed E-state index contributed by atoms with van der Waals surface area (Å²) in [5.74, 6) is -10.3. The van der Waals surface area contributed by atoms with Gasteiger partial charge in [-0.3, -0.25) is 52.7 Å². The normalized spacial score (nSPS) is 26.5. The number of aliphatic hydroxyl groups is 1. The number of aliphatic hydroxyl groups excluding tert-OH is 1. The van der Waals surface area contributed by atoms with Gasteiger partial charge in [0.15, 0.2) is 0 Å². The first-order chi connectivity index (χ1) is 43.4. The fourth-order valence-electron chi connectivity index (χ4n) is 11.5. The van der Waals surface area contributed by atoms with Crippen molar-refractivity contribution in [2.75, 3.05) is 90.3 Å². The molecule has 94 heavy (non-hydrogen) atoms. The van der Waals surface area contributed by atoms with Gasteiger partial charge >= 0.3 is 0 Å². The number of allylic oxidation sites excluding steroid dienone is 2. The average molecular weight is 1330 g/mol. The molecule has 0 aromatic rings. The van der Waals surface area contributed by atoms with Gasteiger partial charge in [-0.25, -0.2) is 0 Å². The third kappa shape index (κ3) is 24.4. The van der Waals surface area contributed by atoms with Crippen LogP contribution in [0.5, 0.6) is 0 Å². The molecule has 1 aliphatic heterocycles. The van der Waals surface area contributed by atoms with Crippen LogP contribution in [0, 0.1) is 35.5 Å². The van der Waals surface area contributed by atoms with E-state index in [0.29, 0.717) is 6.54 Å². The third-order valence-electron chi connectivity index (χ3n) is 17.9. The van der Waals surface area contributed by atoms with E-state index >= 15 is 33.6 Å². The lowest BCUT2D eigenvalue weighted by Crippen LogP contribution is -2.64. The number of hydrogen-bond acceptors (Lipinski definition) is 15. The van der Waals surface area contributed by atoms with E-state index in [1.54, 1.807) is 74.5 Å². The van der Waals surface area contributed by atoms with Crippen LogP contribution in [-0.4, -0.2) is 278 Å². The molecule has 0 aromatic heterocycles. The van der Waals surface area contributed by atoms with Gasteiger partial charge in [0.25, 0.3) is 0 Å². The number of nitrogens with zero attached hydrogens (tertiary/aromatic N) is 8. The predicted octanol–water partition coefficient (Wildman–Crippen LogP) is 2.98. The summed E-state index contributed by atoms with van der Waals surface area (Å²) < 4.78 is 11.9. The summed E-state index contributed by atoms with van der Waals surface area (Å²) in [5.41, 5.74) is -1.07. The van der Waals surface area contributed by atoms with Gasteiger partial charge < -0.3 is 75.0 Å². The van der Waals surface area contributed by atoms with Gasteiger partial charge in [0.1, 0.15) is 66.5 Å². The van der Waals surface area contributed by atoms with Gasteiger partial charge in [-0.1, -0.05) is 95.2 Å². The minimum atomic E-state index is -1.67. The van der Waals surface area contributed by atoms with Crippen LogP contribution in [-0.2, 0) is 62.2 Å². The summed E-state index contributed by atoms with van der Waals surface area (Å²) in [6.07, 6.45) is 2.55. The summed E-state index contributed by atoms with van der Waals surface area (Å²) >= 11 is 0. The molecule has 0 spiro atoms. The van der Waals surface area contributed by atoms with Gasteiger partial charge in [-0.15, -0.1) is 0 Å². The van der Waals surface area contributed by atoms with E-state index < -0.39 is 161 Å². The number of rotatable bonds is 21. The first kappa shape index (κ1) is 85.8. The Labute approximate surface area is 563 Å². The lowest BCUT2D eigenvalue weighted by Gasteiger charge is -2.41. The lowest BCUT2D eigenvalue weighted by atomic mass is 9.91. The largest absolute Gasteiger partial charge is 0.390 e. The van der Waals surface area contributed by atoms with Crippen LogP contribution in [0.25, 0.3) is 0 Å². The molecule has 1 aliphatic rings. The monoisotopic (exact) mass is 1330 g/mol. The van der Waals surface area contributed by atoms with Gasteiger partial charge in [-0.05, 0) is 116 Å². The van der Waals surface area contributed by atoms with Crippen LogP contribution < -0.4 is 21.3 Å². The average Bonchev–Trinajstić information content (AvgIpc) is 0.809. The molecule has 0 bridgehead atoms. The second-order valence-electron chi connectivity index (χ2n) is 28.7. The van der Waals surface area contributed by atoms with Crippen molar-refractivity contribution in [3.8, 4) is 0 Å². The van der Waals surface area contributed by atoms with Gasteiger partial charge in [0.2, 0.25) is 65.0 Å². The van der Waals surface area contributed by atoms with Crippen LogP contribution in [0.15, 0.2) is 12.2 Å². The summed E-state index contributed by atoms with van der Waals surface area (Å²) in [4.78, 5) is 174. The molecule has 1 rings (SSSR count). The molecule has 11 amide bonds. The maximum Gasteiger partial charge on any atom is 0.248 e. The summed E-state index contributed by atoms with van der Waals surface area (Å²) in [6.45, 7) is 29.7. The van der Waals surface area contributed by atoms with Crippen molar-refractivity contribution in [1.82, 2.24) is 60.5 Å². The number of methoxy groups -OCH3 is 1. The molecular formula is C68H124N12O14. The number of likely N-dealkylation sites (N-methyl/N-ethyl adjacent to an activating group) is 8. The standard InChI is InChI=1S/C68H124N12O14/c1-28-30-31-44(13)56(81)55-60(85)71-47(29-2)62(87)78(24)52(38-94-33-32-73(18)19)65(90)77(23)51(37-68(16,17)93-27)59(84)72-53(42(9)10)66(91)74(20)48(34-39(3)4)58(83)69-45(14)57(82)70-46(15)61(86)75(21)49(35-40(5)6)63(88)76(22)50(36-41(7)8)64(89)79(25)54(43(11)12)67(92)80(55)26/h28,30,39-56,81H,29,31-38H2,1-27H3,(H,69,83)(H,70,82)(H,71,85)(H,72,84)/t44-,45+,46-,47+,48+,49+,50+,51+,52-,53+,54+,55+,56-/m1/s1. The Morgan fingerprint density at radius 3 is 1.43 bits per heavy atom. The molecule has 1 fully saturated rings. The van der Waals surface area contributed by atoms with Crippen LogP contribution in [0.4, 0.5) is 0 Å². The van der Waals surface area contributed by atoms with Crippen molar-refractivity contribution in [1.29, 1.82) is 0 Å². The highest BCUT2D eigenvalue weighted by atomic mass is 16.5. The molecule has 0 saturated carbocycles. The smallest absolute Gasteiger partial charge is 0.248 e. The van der Waals surface area contributed by atoms with Crippen molar-refractivity contribution in [2.24, 2.45) is 35.5 Å². The number of ether oxygens (including phenoxy) is 2. The molecule has 5 N–H and O–H groups in total. The maximum atomic E-state index is 15.4. The van der Waals surface area contributed by atoms with E-state index in [-0.39, 0.29) is 69.5 Å². The molecule has 0 radical (unpaired) electrons. The van der Waals surface area contributed by atoms with Gasteiger partial charge in [-0.2, -0.15) is 0 Å². The Balaban J connectivity index is 4.59. The molecule has 540 valence electrons. The molecular weight excluding hydrogens is 1210 g/mol. The Bertz CT molecular complexity index is 2560. The van der Waals surface area contributed by atoms with E-state index in [9.17, 15) is 24.3 Å². The number of carbonyl (C=O) groups is 11. The van der Waals surface area contributed by atoms with Crippen LogP contribution in [0.1, 0.15) is 156 Å². The molecule has 13 atom stereocenters. The van der Waals surface area contributed by atoms with E-state index in [1.165, 1.54) is 94.8 Å². The number of nitrogens with one attached hydrogen (secondary N) is 4. The summed E-state index contributed by atoms with van der Waals surface area (Å²) in [6, 6.07) is -14.4. The Kier molecular flexibility index (Phi) is 35.7. The van der Waals surface area contributed by atoms with Crippen molar-refractivity contribution >= 4 is 65.0 Å². The van der Waals surface area contributed by atoms with Gasteiger partial charge in [0, 0.05) is 69.4 Å². The number of carbonyl (C=O) groups excluding carboxylic acids is 11. The van der Waals surface area contributed by atoms with Crippen LogP contribution in [0.3, 0.4) is 0 Å². The van der Waals surface area contributed by atoms with E-state index in [2.05, 4.69) is 21.3 Å². The highest BCUT2D eigenvalue weighted by Gasteiger charge is 2.47. The van der Waals surface area contributed by atoms with Crippen molar-refractivity contribution in [3.05, 3.63) is 12.2 Å². The minimum Gasteiger partial charge on any atom is -0.390 e. The Morgan fingerprint density at radius 1 is 0.521 bits per heavy atom. The Hall–Kier alpha value is -6.25. The quantitative estimate of drug-likeness (QED) is 0.0816. The summed E-state index contributed by atoms with van der Waals surface area (Å²) in [5, 5.41) is 23.4. The molecule has 26 nitrogen and oxygen atoms in total. The van der Waals surface area contributed by atoms with E-state index in [1.807, 2.05) is 60.5 Å². The van der Waals surface area contributed by atoms with E-state index in [0.717, 1.165) is 9.80 Å². The Morgan fingerprint density at radius 2 is 0.957 bits per heavy atom. The second kappa shape index (κ2) is 39.1.